The molecule has 136 valence electrons. The maximum Gasteiger partial charge on any atom is 0.573 e. The van der Waals surface area contributed by atoms with Gasteiger partial charge in [0.1, 0.15) is 5.76 Å². The molecule has 26 heavy (non-hydrogen) atoms. The number of allylic oxidation sites excluding steroid dienone is 2. The highest BCUT2D eigenvalue weighted by Gasteiger charge is 2.32. The fourth-order valence-corrected chi connectivity index (χ4v) is 3.17. The largest absolute Gasteiger partial charge is 0.573 e. The van der Waals surface area contributed by atoms with Crippen LogP contribution in [0.25, 0.3) is 11.3 Å². The van der Waals surface area contributed by atoms with Crippen LogP contribution in [-0.4, -0.2) is 22.2 Å². The number of thiazole rings is 1. The van der Waals surface area contributed by atoms with Gasteiger partial charge in [-0.05, 0) is 37.1 Å². The summed E-state index contributed by atoms with van der Waals surface area (Å²) in [6.45, 7) is 0. The van der Waals surface area contributed by atoms with Crippen molar-refractivity contribution in [2.45, 2.75) is 25.6 Å². The summed E-state index contributed by atoms with van der Waals surface area (Å²) in [5.74, 6) is -0.610. The molecule has 0 unspecified atom stereocenters. The van der Waals surface area contributed by atoms with Crippen LogP contribution in [0.2, 0.25) is 0 Å². The number of ether oxygens (including phenoxy) is 1. The van der Waals surface area contributed by atoms with Gasteiger partial charge in [-0.1, -0.05) is 5.57 Å². The number of hydrogen-bond donors (Lipinski definition) is 1. The lowest BCUT2D eigenvalue weighted by Gasteiger charge is -2.15. The molecule has 5 nitrogen and oxygen atoms in total. The number of hydrogen-bond acceptors (Lipinski definition) is 5. The summed E-state index contributed by atoms with van der Waals surface area (Å²) in [5, 5.41) is 4.91. The second-order valence-electron chi connectivity index (χ2n) is 5.49. The van der Waals surface area contributed by atoms with Gasteiger partial charge in [-0.2, -0.15) is 0 Å². The molecule has 0 aromatic carbocycles. The van der Waals surface area contributed by atoms with Crippen LogP contribution in [0.4, 0.5) is 18.3 Å². The highest BCUT2D eigenvalue weighted by atomic mass is 32.1. The van der Waals surface area contributed by atoms with E-state index in [1.165, 1.54) is 23.5 Å². The number of halogens is 3. The number of anilines is 1. The highest BCUT2D eigenvalue weighted by Crippen LogP contribution is 2.28. The Kier molecular flexibility index (Phi) is 5.36. The standard InChI is InChI=1S/C17H14F3N3O2S/c18-17(19,20)25-13-3-1-2-11(8-13)9-15(24)23-16-22-14(10-26-16)12-4-6-21-7-5-12/h3-8,10H,1-2,9H2,(H,22,23,24). The van der Waals surface area contributed by atoms with Gasteiger partial charge in [-0.25, -0.2) is 4.98 Å². The molecular weight excluding hydrogens is 367 g/mol. The van der Waals surface area contributed by atoms with Crippen LogP contribution in [0, 0.1) is 0 Å². The topological polar surface area (TPSA) is 64.1 Å². The van der Waals surface area contributed by atoms with Crippen LogP contribution in [-0.2, 0) is 9.53 Å². The average molecular weight is 381 g/mol. The molecular formula is C17H14F3N3O2S. The van der Waals surface area contributed by atoms with Crippen molar-refractivity contribution in [1.82, 2.24) is 9.97 Å². The molecule has 0 saturated heterocycles. The highest BCUT2D eigenvalue weighted by molar-refractivity contribution is 7.14. The number of carbonyl (C=O) groups is 1. The maximum absolute atomic E-state index is 12.3. The summed E-state index contributed by atoms with van der Waals surface area (Å²) in [7, 11) is 0. The molecule has 1 amide bonds. The summed E-state index contributed by atoms with van der Waals surface area (Å²) < 4.78 is 40.7. The first-order chi connectivity index (χ1) is 12.4. The van der Waals surface area contributed by atoms with Crippen molar-refractivity contribution in [2.75, 3.05) is 5.32 Å². The maximum atomic E-state index is 12.3. The molecule has 2 aromatic rings. The van der Waals surface area contributed by atoms with E-state index in [9.17, 15) is 18.0 Å². The number of nitrogens with one attached hydrogen (secondary N) is 1. The number of aromatic nitrogens is 2. The third-order valence-corrected chi connectivity index (χ3v) is 4.26. The Labute approximate surface area is 151 Å². The van der Waals surface area contributed by atoms with Crippen molar-refractivity contribution in [3.05, 3.63) is 53.4 Å². The Bertz CT molecular complexity index is 844. The number of alkyl halides is 3. The second-order valence-corrected chi connectivity index (χ2v) is 6.35. The first-order valence-corrected chi connectivity index (χ1v) is 8.58. The van der Waals surface area contributed by atoms with Gasteiger partial charge in [-0.15, -0.1) is 24.5 Å². The lowest BCUT2D eigenvalue weighted by Crippen LogP contribution is -2.15. The van der Waals surface area contributed by atoms with Crippen molar-refractivity contribution in [2.24, 2.45) is 0 Å². The SMILES string of the molecule is O=C(CC1=CC(OC(F)(F)F)=CCC1)Nc1nc(-c2ccncc2)cs1. The monoisotopic (exact) mass is 381 g/mol. The van der Waals surface area contributed by atoms with Crippen LogP contribution < -0.4 is 5.32 Å². The normalized spacial score (nSPS) is 14.4. The van der Waals surface area contributed by atoms with Gasteiger partial charge in [0.15, 0.2) is 5.13 Å². The molecule has 0 radical (unpaired) electrons. The summed E-state index contributed by atoms with van der Waals surface area (Å²) in [4.78, 5) is 20.4. The van der Waals surface area contributed by atoms with Gasteiger partial charge in [-0.3, -0.25) is 9.78 Å². The Morgan fingerprint density at radius 2 is 2.08 bits per heavy atom. The predicted molar refractivity (Wildman–Crippen MR) is 91.1 cm³/mol. The lowest BCUT2D eigenvalue weighted by atomic mass is 10.0. The number of pyridine rings is 1. The van der Waals surface area contributed by atoms with Crippen LogP contribution >= 0.6 is 11.3 Å². The summed E-state index contributed by atoms with van der Waals surface area (Å²) in [5.41, 5.74) is 2.18. The van der Waals surface area contributed by atoms with Gasteiger partial charge in [0, 0.05) is 29.8 Å². The third kappa shape index (κ3) is 5.16. The van der Waals surface area contributed by atoms with Crippen LogP contribution in [0.15, 0.2) is 53.4 Å². The minimum absolute atomic E-state index is 0.0112. The van der Waals surface area contributed by atoms with Crippen LogP contribution in [0.5, 0.6) is 0 Å². The molecule has 0 aliphatic heterocycles. The number of amides is 1. The predicted octanol–water partition coefficient (Wildman–Crippen LogP) is 4.67. The average Bonchev–Trinajstić information content (AvgIpc) is 3.02. The zero-order chi connectivity index (χ0) is 18.6. The van der Waals surface area contributed by atoms with E-state index >= 15 is 0 Å². The fourth-order valence-electron chi connectivity index (χ4n) is 2.43. The molecule has 1 aliphatic rings. The van der Waals surface area contributed by atoms with Gasteiger partial charge in [0.25, 0.3) is 0 Å². The third-order valence-electron chi connectivity index (χ3n) is 3.51. The molecule has 3 rings (SSSR count). The van der Waals surface area contributed by atoms with E-state index in [1.807, 2.05) is 17.5 Å². The van der Waals surface area contributed by atoms with E-state index in [4.69, 9.17) is 0 Å². The fraction of sp³-hybridized carbons (Fsp3) is 0.235. The molecule has 0 spiro atoms. The van der Waals surface area contributed by atoms with Crippen molar-refractivity contribution >= 4 is 22.4 Å². The zero-order valence-corrected chi connectivity index (χ0v) is 14.2. The number of rotatable bonds is 5. The number of nitrogens with zero attached hydrogens (tertiary/aromatic N) is 2. The molecule has 9 heteroatoms. The Morgan fingerprint density at radius 3 is 2.81 bits per heavy atom. The van der Waals surface area contributed by atoms with Gasteiger partial charge < -0.3 is 10.1 Å². The summed E-state index contributed by atoms with van der Waals surface area (Å²) >= 11 is 1.28. The second kappa shape index (κ2) is 7.69. The zero-order valence-electron chi connectivity index (χ0n) is 13.4. The molecule has 0 bridgehead atoms. The Balaban J connectivity index is 1.59. The summed E-state index contributed by atoms with van der Waals surface area (Å²) in [6.07, 6.45) is 2.08. The molecule has 0 atom stereocenters. The quantitative estimate of drug-likeness (QED) is 0.817. The molecule has 2 heterocycles. The van der Waals surface area contributed by atoms with E-state index in [1.54, 1.807) is 12.4 Å². The van der Waals surface area contributed by atoms with Crippen molar-refractivity contribution < 1.29 is 22.7 Å². The number of carbonyl (C=O) groups excluding carboxylic acids is 1. The van der Waals surface area contributed by atoms with Gasteiger partial charge in [0.05, 0.1) is 5.69 Å². The van der Waals surface area contributed by atoms with E-state index in [0.717, 1.165) is 5.56 Å². The van der Waals surface area contributed by atoms with Gasteiger partial charge in [0.2, 0.25) is 5.91 Å². The lowest BCUT2D eigenvalue weighted by molar-refractivity contribution is -0.303. The van der Waals surface area contributed by atoms with Crippen LogP contribution in [0.1, 0.15) is 19.3 Å². The first-order valence-electron chi connectivity index (χ1n) is 7.70. The molecule has 1 N–H and O–H groups in total. The Hall–Kier alpha value is -2.68. The van der Waals surface area contributed by atoms with Gasteiger partial charge >= 0.3 is 6.36 Å². The molecule has 2 aromatic heterocycles. The van der Waals surface area contributed by atoms with Crippen LogP contribution in [0.3, 0.4) is 0 Å². The molecule has 0 saturated carbocycles. The van der Waals surface area contributed by atoms with E-state index in [-0.39, 0.29) is 18.1 Å². The molecule has 1 aliphatic carbocycles. The van der Waals surface area contributed by atoms with Crippen molar-refractivity contribution in [3.63, 3.8) is 0 Å². The van der Waals surface area contributed by atoms with E-state index in [2.05, 4.69) is 20.0 Å². The minimum atomic E-state index is -4.74. The molecule has 0 fully saturated rings. The summed E-state index contributed by atoms with van der Waals surface area (Å²) in [6, 6.07) is 3.62. The van der Waals surface area contributed by atoms with Crippen molar-refractivity contribution in [3.8, 4) is 11.3 Å². The Morgan fingerprint density at radius 1 is 1.31 bits per heavy atom. The van der Waals surface area contributed by atoms with E-state index < -0.39 is 6.36 Å². The minimum Gasteiger partial charge on any atom is -0.406 e. The first kappa shape index (κ1) is 18.1. The van der Waals surface area contributed by atoms with E-state index in [0.29, 0.717) is 29.2 Å². The van der Waals surface area contributed by atoms with Crippen molar-refractivity contribution in [1.29, 1.82) is 0 Å². The smallest absolute Gasteiger partial charge is 0.406 e.